The Morgan fingerprint density at radius 2 is 2.00 bits per heavy atom. The van der Waals surface area contributed by atoms with Crippen molar-refractivity contribution in [3.8, 4) is 0 Å². The number of ether oxygens (including phenoxy) is 1. The first kappa shape index (κ1) is 25.3. The van der Waals surface area contributed by atoms with Gasteiger partial charge in [0.15, 0.2) is 0 Å². The number of halogens is 2. The van der Waals surface area contributed by atoms with Crippen molar-refractivity contribution in [3.05, 3.63) is 81.9 Å². The molecule has 2 aromatic heterocycles. The van der Waals surface area contributed by atoms with Crippen molar-refractivity contribution in [1.82, 2.24) is 19.5 Å². The highest BCUT2D eigenvalue weighted by atomic mass is 35.5. The van der Waals surface area contributed by atoms with E-state index in [1.165, 1.54) is 34.8 Å². The molecule has 2 aromatic carbocycles. The summed E-state index contributed by atoms with van der Waals surface area (Å²) >= 11 is 8.07. The molecule has 2 fully saturated rings. The van der Waals surface area contributed by atoms with Crippen LogP contribution < -0.4 is 10.5 Å². The second-order valence-corrected chi connectivity index (χ2v) is 11.6. The first-order valence-electron chi connectivity index (χ1n) is 12.7. The summed E-state index contributed by atoms with van der Waals surface area (Å²) in [6, 6.07) is 9.76. The Morgan fingerprint density at radius 1 is 1.16 bits per heavy atom. The molecule has 2 aliphatic heterocycles. The van der Waals surface area contributed by atoms with Crippen LogP contribution in [0.15, 0.2) is 69.8 Å². The Balaban J connectivity index is 1.19. The minimum Gasteiger partial charge on any atom is -0.378 e. The van der Waals surface area contributed by atoms with Crippen molar-refractivity contribution in [2.75, 3.05) is 24.6 Å². The molecule has 4 aromatic rings. The molecule has 1 spiro atoms. The molecular formula is C28H27ClFN5O2S. The van der Waals surface area contributed by atoms with E-state index in [1.807, 2.05) is 6.07 Å². The molecule has 0 bridgehead atoms. The van der Waals surface area contributed by atoms with E-state index in [-0.39, 0.29) is 17.9 Å². The predicted octanol–water partition coefficient (Wildman–Crippen LogP) is 5.57. The third-order valence-electron chi connectivity index (χ3n) is 7.51. The quantitative estimate of drug-likeness (QED) is 0.321. The van der Waals surface area contributed by atoms with E-state index < -0.39 is 0 Å². The highest BCUT2D eigenvalue weighted by Crippen LogP contribution is 2.42. The number of piperidine rings is 1. The van der Waals surface area contributed by atoms with Gasteiger partial charge < -0.3 is 9.64 Å². The lowest BCUT2D eigenvalue weighted by Crippen LogP contribution is -2.41. The molecule has 0 unspecified atom stereocenters. The van der Waals surface area contributed by atoms with E-state index in [1.54, 1.807) is 30.6 Å². The van der Waals surface area contributed by atoms with Crippen LogP contribution in [0, 0.1) is 11.2 Å². The molecule has 0 saturated carbocycles. The van der Waals surface area contributed by atoms with Gasteiger partial charge in [0.2, 0.25) is 0 Å². The number of benzene rings is 2. The fourth-order valence-electron chi connectivity index (χ4n) is 5.45. The van der Waals surface area contributed by atoms with Gasteiger partial charge in [0, 0.05) is 18.0 Å². The van der Waals surface area contributed by atoms with E-state index in [0.717, 1.165) is 44.8 Å². The Morgan fingerprint density at radius 3 is 2.71 bits per heavy atom. The van der Waals surface area contributed by atoms with Crippen LogP contribution in [-0.4, -0.2) is 45.3 Å². The SMILES string of the molecule is C[C@H]1CC2(CCN(c3cnc(Sc4ccc5ncn(Cc6cccc(F)c6)c(=O)c5c4Cl)cn3)CC2)CO1. The van der Waals surface area contributed by atoms with Crippen LogP contribution in [0.4, 0.5) is 10.2 Å². The van der Waals surface area contributed by atoms with Crippen molar-refractivity contribution in [2.45, 2.75) is 48.8 Å². The van der Waals surface area contributed by atoms with Gasteiger partial charge in [0.1, 0.15) is 16.7 Å². The molecule has 0 aliphatic carbocycles. The van der Waals surface area contributed by atoms with Crippen molar-refractivity contribution in [1.29, 1.82) is 0 Å². The third kappa shape index (κ3) is 5.02. The van der Waals surface area contributed by atoms with Gasteiger partial charge in [-0.2, -0.15) is 0 Å². The minimum atomic E-state index is -0.351. The monoisotopic (exact) mass is 551 g/mol. The van der Waals surface area contributed by atoms with Gasteiger partial charge in [0.25, 0.3) is 5.56 Å². The summed E-state index contributed by atoms with van der Waals surface area (Å²) in [5.74, 6) is 0.514. The first-order chi connectivity index (χ1) is 18.4. The fraction of sp³-hybridized carbons (Fsp3) is 0.357. The molecule has 196 valence electrons. The molecule has 0 amide bonds. The van der Waals surface area contributed by atoms with E-state index in [9.17, 15) is 9.18 Å². The molecular weight excluding hydrogens is 525 g/mol. The van der Waals surface area contributed by atoms with Crippen LogP contribution in [0.1, 0.15) is 31.7 Å². The third-order valence-corrected chi connectivity index (χ3v) is 8.99. The van der Waals surface area contributed by atoms with Crippen LogP contribution >= 0.6 is 23.4 Å². The summed E-state index contributed by atoms with van der Waals surface area (Å²) < 4.78 is 20.9. The first-order valence-corrected chi connectivity index (χ1v) is 13.9. The lowest BCUT2D eigenvalue weighted by Gasteiger charge is -2.38. The second kappa shape index (κ2) is 10.3. The number of hydrogen-bond acceptors (Lipinski definition) is 7. The minimum absolute atomic E-state index is 0.198. The Kier molecular flexibility index (Phi) is 6.84. The highest BCUT2D eigenvalue weighted by molar-refractivity contribution is 7.99. The van der Waals surface area contributed by atoms with Crippen LogP contribution in [0.5, 0.6) is 0 Å². The van der Waals surface area contributed by atoms with Crippen molar-refractivity contribution in [2.24, 2.45) is 5.41 Å². The maximum atomic E-state index is 13.6. The molecule has 0 N–H and O–H groups in total. The van der Waals surface area contributed by atoms with Crippen LogP contribution in [-0.2, 0) is 11.3 Å². The Hall–Kier alpha value is -3.01. The standard InChI is InChI=1S/C28H27ClFN5O2S/c1-18-12-28(16-37-18)7-9-34(10-8-28)23-13-32-24(14-31-23)38-22-6-5-21-25(26(22)29)27(36)35(17-33-21)15-19-3-2-4-20(30)11-19/h2-6,11,13-14,17-18H,7-10,12,15-16H2,1H3/t18-/m0/s1. The molecule has 6 rings (SSSR count). The largest absolute Gasteiger partial charge is 0.378 e. The lowest BCUT2D eigenvalue weighted by molar-refractivity contribution is 0.0976. The second-order valence-electron chi connectivity index (χ2n) is 10.2. The topological polar surface area (TPSA) is 73.1 Å². The summed E-state index contributed by atoms with van der Waals surface area (Å²) in [5.41, 5.74) is 1.21. The van der Waals surface area contributed by atoms with E-state index in [0.29, 0.717) is 42.9 Å². The smallest absolute Gasteiger partial charge is 0.263 e. The average molecular weight is 552 g/mol. The zero-order chi connectivity index (χ0) is 26.3. The van der Waals surface area contributed by atoms with Gasteiger partial charge in [-0.1, -0.05) is 35.5 Å². The molecule has 38 heavy (non-hydrogen) atoms. The van der Waals surface area contributed by atoms with Gasteiger partial charge in [0.05, 0.1) is 53.9 Å². The summed E-state index contributed by atoms with van der Waals surface area (Å²) in [4.78, 5) is 29.9. The predicted molar refractivity (Wildman–Crippen MR) is 147 cm³/mol. The highest BCUT2D eigenvalue weighted by Gasteiger charge is 2.41. The summed E-state index contributed by atoms with van der Waals surface area (Å²) in [5, 5.41) is 1.33. The Bertz CT molecular complexity index is 1540. The Labute approximate surface area is 229 Å². The number of nitrogens with zero attached hydrogens (tertiary/aromatic N) is 5. The van der Waals surface area contributed by atoms with Gasteiger partial charge in [-0.15, -0.1) is 0 Å². The molecule has 1 atom stereocenters. The summed E-state index contributed by atoms with van der Waals surface area (Å²) in [7, 11) is 0. The van der Waals surface area contributed by atoms with Crippen LogP contribution in [0.2, 0.25) is 5.02 Å². The van der Waals surface area contributed by atoms with Crippen LogP contribution in [0.3, 0.4) is 0 Å². The molecule has 4 heterocycles. The normalized spacial score (nSPS) is 18.9. The molecule has 0 radical (unpaired) electrons. The van der Waals surface area contributed by atoms with E-state index in [2.05, 4.69) is 26.8 Å². The van der Waals surface area contributed by atoms with E-state index >= 15 is 0 Å². The zero-order valence-electron chi connectivity index (χ0n) is 20.9. The molecule has 7 nitrogen and oxygen atoms in total. The fourth-order valence-corrected chi connectivity index (χ4v) is 6.57. The summed E-state index contributed by atoms with van der Waals surface area (Å²) in [6.07, 6.45) is 8.71. The lowest BCUT2D eigenvalue weighted by atomic mass is 9.77. The van der Waals surface area contributed by atoms with Crippen molar-refractivity contribution >= 4 is 40.1 Å². The average Bonchev–Trinajstić information content (AvgIpc) is 3.28. The number of fused-ring (bicyclic) bond motifs is 1. The number of anilines is 1. The molecule has 2 aliphatic rings. The number of rotatable bonds is 5. The van der Waals surface area contributed by atoms with Crippen LogP contribution in [0.25, 0.3) is 10.9 Å². The van der Waals surface area contributed by atoms with Gasteiger partial charge in [-0.05, 0) is 61.4 Å². The van der Waals surface area contributed by atoms with Gasteiger partial charge >= 0.3 is 0 Å². The maximum absolute atomic E-state index is 13.6. The molecule has 2 saturated heterocycles. The maximum Gasteiger partial charge on any atom is 0.263 e. The van der Waals surface area contributed by atoms with Gasteiger partial charge in [-0.25, -0.2) is 19.3 Å². The van der Waals surface area contributed by atoms with Crippen molar-refractivity contribution < 1.29 is 9.13 Å². The summed E-state index contributed by atoms with van der Waals surface area (Å²) in [6.45, 7) is 5.11. The number of aromatic nitrogens is 4. The van der Waals surface area contributed by atoms with Gasteiger partial charge in [-0.3, -0.25) is 9.36 Å². The number of hydrogen-bond donors (Lipinski definition) is 0. The zero-order valence-corrected chi connectivity index (χ0v) is 22.5. The molecule has 10 heteroatoms. The van der Waals surface area contributed by atoms with Crippen molar-refractivity contribution in [3.63, 3.8) is 0 Å². The van der Waals surface area contributed by atoms with E-state index in [4.69, 9.17) is 16.3 Å².